The van der Waals surface area contributed by atoms with Crippen LogP contribution in [0.5, 0.6) is 0 Å². The van der Waals surface area contributed by atoms with E-state index < -0.39 is 0 Å². The first-order chi connectivity index (χ1) is 54.6. The molecule has 0 bridgehead atoms. The van der Waals surface area contributed by atoms with Gasteiger partial charge in [-0.15, -0.1) is 0 Å². The molecule has 0 N–H and O–H groups in total. The number of rotatable bonds is 11. The van der Waals surface area contributed by atoms with Crippen LogP contribution >= 0.6 is 0 Å². The van der Waals surface area contributed by atoms with Crippen LogP contribution in [0.3, 0.4) is 0 Å². The molecule has 1 atom stereocenters. The van der Waals surface area contributed by atoms with Crippen molar-refractivity contribution in [3.63, 3.8) is 0 Å². The first kappa shape index (κ1) is 66.6. The predicted molar refractivity (Wildman–Crippen MR) is 462 cm³/mol. The average molecular weight is 1440 g/mol. The second-order valence-corrected chi connectivity index (χ2v) is 32.4. The third-order valence-corrected chi connectivity index (χ3v) is 25.7. The van der Waals surface area contributed by atoms with Gasteiger partial charge in [0.1, 0.15) is 0 Å². The van der Waals surface area contributed by atoms with Gasteiger partial charge in [-0.1, -0.05) is 291 Å². The van der Waals surface area contributed by atoms with Gasteiger partial charge < -0.3 is 9.13 Å². The van der Waals surface area contributed by atoms with E-state index in [-0.39, 0.29) is 21.7 Å². The average Bonchev–Trinajstić information content (AvgIpc) is 1.11. The number of nitrogens with zero attached hydrogens (tertiary/aromatic N) is 8. The molecule has 0 aliphatic heterocycles. The minimum absolute atomic E-state index is 0.237. The van der Waals surface area contributed by atoms with Crippen LogP contribution in [0.4, 0.5) is 0 Å². The molecule has 8 heteroatoms. The van der Waals surface area contributed by atoms with Gasteiger partial charge >= 0.3 is 0 Å². The fourth-order valence-corrected chi connectivity index (χ4v) is 18.7. The Balaban J connectivity index is 0.670. The fraction of sp³-hybridized carbons (Fsp3) is 0.115. The quantitative estimate of drug-likeness (QED) is 0.128. The Labute approximate surface area is 651 Å². The summed E-state index contributed by atoms with van der Waals surface area (Å²) in [6.45, 7) is 17.4. The summed E-state index contributed by atoms with van der Waals surface area (Å²) in [5.41, 5.74) is 25.4. The number of benzene rings is 15. The monoisotopic (exact) mass is 1440 g/mol. The van der Waals surface area contributed by atoms with Crippen LogP contribution in [-0.4, -0.2) is 39.0 Å². The normalized spacial score (nSPS) is 15.2. The zero-order valence-corrected chi connectivity index (χ0v) is 63.5. The number of hydrogen-bond acceptors (Lipinski definition) is 6. The maximum Gasteiger partial charge on any atom is 0.164 e. The van der Waals surface area contributed by atoms with E-state index in [0.29, 0.717) is 34.9 Å². The Morgan fingerprint density at radius 1 is 0.232 bits per heavy atom. The second kappa shape index (κ2) is 25.3. The summed E-state index contributed by atoms with van der Waals surface area (Å²) in [6, 6.07) is 121. The standard InChI is InChI=1S/C104H78N8/c1-101(2)85-56-49-73-57-64(43-54-78(73)94(85)83-59-81-79-39-22-24-41-89(79)112(92(81)62-87(83)102(101,3)4)76-52-46-70(47-53-76)98-106-95(67-30-14-9-15-31-67)105-96(107-98)68-32-16-10-17-33-68)63-104(7)88-60-82-80-40-23-25-42-90(80)111(91(82)61-84(88)93-77-38-21-20-29-66(77)48-55-86(93)103(104,5)6)75-50-44-71(45-51-75)99-108-97(69-34-18-11-19-35-69)109-100(110-99)74-37-26-36-72(58-74)65-27-12-8-13-28-65/h8-62H,63H2,1-7H3. The molecule has 4 aromatic heterocycles. The molecule has 2 aliphatic rings. The lowest BCUT2D eigenvalue weighted by molar-refractivity contribution is 0.270. The van der Waals surface area contributed by atoms with Crippen LogP contribution < -0.4 is 0 Å². The molecule has 112 heavy (non-hydrogen) atoms. The Morgan fingerprint density at radius 3 is 1.16 bits per heavy atom. The molecule has 19 aromatic rings. The molecule has 1 unspecified atom stereocenters. The van der Waals surface area contributed by atoms with E-state index in [9.17, 15) is 0 Å². The molecule has 534 valence electrons. The van der Waals surface area contributed by atoms with Crippen molar-refractivity contribution in [2.24, 2.45) is 0 Å². The Kier molecular flexibility index (Phi) is 15.0. The summed E-state index contributed by atoms with van der Waals surface area (Å²) < 4.78 is 4.92. The summed E-state index contributed by atoms with van der Waals surface area (Å²) in [5.74, 6) is 3.78. The molecule has 0 spiro atoms. The molecule has 0 radical (unpaired) electrons. The largest absolute Gasteiger partial charge is 0.309 e. The number of hydrogen-bond donors (Lipinski definition) is 0. The van der Waals surface area contributed by atoms with Gasteiger partial charge in [0.2, 0.25) is 0 Å². The molecule has 4 heterocycles. The molecule has 0 amide bonds. The van der Waals surface area contributed by atoms with Crippen LogP contribution in [0.2, 0.25) is 0 Å². The van der Waals surface area contributed by atoms with Crippen LogP contribution in [0, 0.1) is 0 Å². The Hall–Kier alpha value is -13.6. The molecular weight excluding hydrogens is 1360 g/mol. The van der Waals surface area contributed by atoms with Crippen LogP contribution in [0.15, 0.2) is 334 Å². The summed E-state index contributed by atoms with van der Waals surface area (Å²) in [6.07, 6.45) is 0.816. The molecular formula is C104H78N8. The lowest BCUT2D eigenvalue weighted by Gasteiger charge is -2.51. The number of fused-ring (bicyclic) bond motifs is 16. The highest BCUT2D eigenvalue weighted by Crippen LogP contribution is 2.60. The summed E-state index contributed by atoms with van der Waals surface area (Å²) >= 11 is 0. The van der Waals surface area contributed by atoms with Crippen molar-refractivity contribution in [3.8, 4) is 113 Å². The first-order valence-corrected chi connectivity index (χ1v) is 38.9. The minimum Gasteiger partial charge on any atom is -0.309 e. The second-order valence-electron chi connectivity index (χ2n) is 32.4. The molecule has 0 saturated heterocycles. The summed E-state index contributed by atoms with van der Waals surface area (Å²) in [4.78, 5) is 30.7. The highest BCUT2D eigenvalue weighted by molar-refractivity contribution is 6.15. The third-order valence-electron chi connectivity index (χ3n) is 25.7. The molecule has 21 rings (SSSR count). The van der Waals surface area contributed by atoms with Gasteiger partial charge in [0.25, 0.3) is 0 Å². The van der Waals surface area contributed by atoms with Crippen molar-refractivity contribution in [1.29, 1.82) is 0 Å². The number of para-hydroxylation sites is 2. The van der Waals surface area contributed by atoms with E-state index >= 15 is 0 Å². The summed E-state index contributed by atoms with van der Waals surface area (Å²) in [7, 11) is 0. The van der Waals surface area contributed by atoms with E-state index in [2.05, 4.69) is 331 Å². The Morgan fingerprint density at radius 2 is 0.625 bits per heavy atom. The van der Waals surface area contributed by atoms with Gasteiger partial charge in [-0.3, -0.25) is 0 Å². The smallest absolute Gasteiger partial charge is 0.164 e. The zero-order valence-electron chi connectivity index (χ0n) is 63.5. The van der Waals surface area contributed by atoms with Gasteiger partial charge in [0.15, 0.2) is 34.9 Å². The van der Waals surface area contributed by atoms with Gasteiger partial charge in [-0.2, -0.15) is 0 Å². The lowest BCUT2D eigenvalue weighted by atomic mass is 9.52. The molecule has 0 fully saturated rings. The van der Waals surface area contributed by atoms with E-state index in [1.807, 2.05) is 60.7 Å². The van der Waals surface area contributed by atoms with Crippen molar-refractivity contribution >= 4 is 65.2 Å². The van der Waals surface area contributed by atoms with Crippen LogP contribution in [-0.2, 0) is 28.1 Å². The first-order valence-electron chi connectivity index (χ1n) is 38.9. The van der Waals surface area contributed by atoms with Gasteiger partial charge in [0, 0.05) is 77.1 Å². The fourth-order valence-electron chi connectivity index (χ4n) is 18.7. The highest BCUT2D eigenvalue weighted by atomic mass is 15.0. The third kappa shape index (κ3) is 10.3. The predicted octanol–water partition coefficient (Wildman–Crippen LogP) is 25.9. The van der Waals surface area contributed by atoms with Gasteiger partial charge in [-0.05, 0) is 191 Å². The SMILES string of the molecule is CC1(C)c2cc3c(cc2-c2c(ccc4cc(CC5(C)c6cc7c8ccccc8n(-c8ccc(-c9nc(-c%10ccccc%10)nc(-c%10cccc(-c%11ccccc%11)c%10)n9)cc8)c7cc6-c6c(ccc7ccccc67)C5(C)C)ccc24)C1(C)C)c1ccccc1n3-c1ccc(-c2nc(-c3ccccc3)nc(-c3ccccc3)n2)cc1. The van der Waals surface area contributed by atoms with Crippen LogP contribution in [0.25, 0.3) is 178 Å². The van der Waals surface area contributed by atoms with E-state index in [0.717, 1.165) is 78.9 Å². The van der Waals surface area contributed by atoms with E-state index in [1.54, 1.807) is 0 Å². The van der Waals surface area contributed by atoms with Crippen molar-refractivity contribution in [2.45, 2.75) is 76.5 Å². The summed E-state index contributed by atoms with van der Waals surface area (Å²) in [5, 5.41) is 9.92. The number of aromatic nitrogens is 8. The van der Waals surface area contributed by atoms with Crippen LogP contribution in [0.1, 0.15) is 76.3 Å². The molecule has 2 aliphatic carbocycles. The zero-order chi connectivity index (χ0) is 75.4. The van der Waals surface area contributed by atoms with Gasteiger partial charge in [0.05, 0.1) is 22.1 Å². The van der Waals surface area contributed by atoms with Crippen molar-refractivity contribution in [1.82, 2.24) is 39.0 Å². The van der Waals surface area contributed by atoms with Crippen molar-refractivity contribution < 1.29 is 0 Å². The highest BCUT2D eigenvalue weighted by Gasteiger charge is 2.51. The molecule has 15 aromatic carbocycles. The topological polar surface area (TPSA) is 87.2 Å². The Bertz CT molecular complexity index is 6980. The molecule has 8 nitrogen and oxygen atoms in total. The van der Waals surface area contributed by atoms with Gasteiger partial charge in [-0.25, -0.2) is 29.9 Å². The minimum atomic E-state index is -0.382. The lowest BCUT2D eigenvalue weighted by Crippen LogP contribution is -2.47. The maximum absolute atomic E-state index is 5.24. The van der Waals surface area contributed by atoms with Crippen molar-refractivity contribution in [3.05, 3.63) is 361 Å². The van der Waals surface area contributed by atoms with E-state index in [1.165, 1.54) is 98.7 Å². The maximum atomic E-state index is 5.24. The molecule has 0 saturated carbocycles. The van der Waals surface area contributed by atoms with Crippen molar-refractivity contribution in [2.75, 3.05) is 0 Å². The van der Waals surface area contributed by atoms with E-state index in [4.69, 9.17) is 29.9 Å².